The summed E-state index contributed by atoms with van der Waals surface area (Å²) in [5.74, 6) is -0.203. The van der Waals surface area contributed by atoms with Crippen molar-refractivity contribution in [2.24, 2.45) is 7.05 Å². The lowest BCUT2D eigenvalue weighted by Crippen LogP contribution is -2.45. The molecule has 25 heavy (non-hydrogen) atoms. The Kier molecular flexibility index (Phi) is 6.55. The third-order valence-corrected chi connectivity index (χ3v) is 4.33. The Morgan fingerprint density at radius 2 is 2.16 bits per heavy atom. The van der Waals surface area contributed by atoms with Crippen LogP contribution in [-0.4, -0.2) is 62.9 Å². The summed E-state index contributed by atoms with van der Waals surface area (Å²) >= 11 is 0. The summed E-state index contributed by atoms with van der Waals surface area (Å²) in [6, 6.07) is -0.321. The number of nitrogens with one attached hydrogen (secondary N) is 2. The second kappa shape index (κ2) is 8.44. The molecule has 8 nitrogen and oxygen atoms in total. The monoisotopic (exact) mass is 351 g/mol. The lowest BCUT2D eigenvalue weighted by molar-refractivity contribution is -0.126. The zero-order chi connectivity index (χ0) is 18.6. The maximum Gasteiger partial charge on any atom is 0.237 e. The van der Waals surface area contributed by atoms with Gasteiger partial charge in [-0.3, -0.25) is 19.2 Å². The number of hydrogen-bond acceptors (Lipinski definition) is 5. The van der Waals surface area contributed by atoms with Gasteiger partial charge in [-0.2, -0.15) is 5.10 Å². The molecule has 1 fully saturated rings. The van der Waals surface area contributed by atoms with Gasteiger partial charge in [-0.1, -0.05) is 0 Å². The average molecular weight is 351 g/mol. The number of aliphatic hydroxyl groups excluding tert-OH is 1. The molecule has 0 aromatic carbocycles. The van der Waals surface area contributed by atoms with Crippen molar-refractivity contribution in [3.63, 3.8) is 0 Å². The third kappa shape index (κ3) is 5.27. The molecule has 1 saturated heterocycles. The molecular formula is C17H29N5O3. The molecule has 0 aliphatic carbocycles. The molecular weight excluding hydrogens is 322 g/mol. The van der Waals surface area contributed by atoms with Crippen LogP contribution in [0.4, 0.5) is 0 Å². The highest BCUT2D eigenvalue weighted by Crippen LogP contribution is 2.22. The van der Waals surface area contributed by atoms with Crippen molar-refractivity contribution in [3.8, 4) is 0 Å². The van der Waals surface area contributed by atoms with E-state index in [0.717, 1.165) is 11.3 Å². The summed E-state index contributed by atoms with van der Waals surface area (Å²) in [5.41, 5.74) is 2.02. The number of likely N-dealkylation sites (tertiary alicyclic amines) is 1. The van der Waals surface area contributed by atoms with Crippen LogP contribution in [-0.2, 0) is 23.2 Å². The van der Waals surface area contributed by atoms with E-state index in [2.05, 4.69) is 20.6 Å². The van der Waals surface area contributed by atoms with E-state index in [1.165, 1.54) is 0 Å². The Bertz CT molecular complexity index is 613. The molecule has 1 aromatic heterocycles. The van der Waals surface area contributed by atoms with Crippen molar-refractivity contribution in [2.45, 2.75) is 58.3 Å². The van der Waals surface area contributed by atoms with E-state index in [1.54, 1.807) is 4.68 Å². The number of aryl methyl sites for hydroxylation is 2. The van der Waals surface area contributed by atoms with Gasteiger partial charge in [0.1, 0.15) is 0 Å². The van der Waals surface area contributed by atoms with Crippen molar-refractivity contribution in [2.75, 3.05) is 13.2 Å². The van der Waals surface area contributed by atoms with Crippen LogP contribution in [0.1, 0.15) is 37.9 Å². The van der Waals surface area contributed by atoms with Crippen molar-refractivity contribution in [1.82, 2.24) is 25.3 Å². The summed E-state index contributed by atoms with van der Waals surface area (Å²) in [5, 5.41) is 19.1. The Morgan fingerprint density at radius 1 is 1.44 bits per heavy atom. The number of nitrogens with zero attached hydrogens (tertiary/aromatic N) is 3. The minimum Gasteiger partial charge on any atom is -0.396 e. The molecule has 0 saturated carbocycles. The average Bonchev–Trinajstić information content (AvgIpc) is 3.02. The third-order valence-electron chi connectivity index (χ3n) is 4.33. The van der Waals surface area contributed by atoms with Crippen LogP contribution in [0.15, 0.2) is 6.20 Å². The summed E-state index contributed by atoms with van der Waals surface area (Å²) in [6.07, 6.45) is 2.61. The molecule has 8 heteroatoms. The van der Waals surface area contributed by atoms with Gasteiger partial charge < -0.3 is 15.7 Å². The van der Waals surface area contributed by atoms with E-state index in [1.807, 2.05) is 34.0 Å². The summed E-state index contributed by atoms with van der Waals surface area (Å²) in [6.45, 7) is 6.86. The lowest BCUT2D eigenvalue weighted by Gasteiger charge is -2.24. The van der Waals surface area contributed by atoms with Crippen LogP contribution >= 0.6 is 0 Å². The highest BCUT2D eigenvalue weighted by molar-refractivity contribution is 5.83. The summed E-state index contributed by atoms with van der Waals surface area (Å²) in [4.78, 5) is 26.4. The van der Waals surface area contributed by atoms with Crippen molar-refractivity contribution in [3.05, 3.63) is 17.5 Å². The number of carbonyl (C=O) groups is 2. The number of aromatic nitrogens is 2. The molecule has 0 radical (unpaired) electrons. The molecule has 3 N–H and O–H groups in total. The van der Waals surface area contributed by atoms with Crippen LogP contribution in [0.2, 0.25) is 0 Å². The number of aliphatic hydroxyl groups is 1. The van der Waals surface area contributed by atoms with Gasteiger partial charge in [0.25, 0.3) is 0 Å². The first-order valence-electron chi connectivity index (χ1n) is 8.74. The SMILES string of the molecule is Cc1nn(C)cc1CN1C[C@H](NC(=O)CCO)C[C@H]1C(=O)NC(C)C. The number of hydrogen-bond donors (Lipinski definition) is 3. The van der Waals surface area contributed by atoms with Crippen molar-refractivity contribution in [1.29, 1.82) is 0 Å². The highest BCUT2D eigenvalue weighted by atomic mass is 16.3. The maximum absolute atomic E-state index is 12.6. The topological polar surface area (TPSA) is 99.5 Å². The zero-order valence-electron chi connectivity index (χ0n) is 15.5. The molecule has 140 valence electrons. The normalized spacial score (nSPS) is 20.9. The Morgan fingerprint density at radius 3 is 2.72 bits per heavy atom. The fourth-order valence-electron chi connectivity index (χ4n) is 3.26. The summed E-state index contributed by atoms with van der Waals surface area (Å²) < 4.78 is 1.77. The quantitative estimate of drug-likeness (QED) is 0.626. The first-order chi connectivity index (χ1) is 11.8. The first-order valence-corrected chi connectivity index (χ1v) is 8.74. The smallest absolute Gasteiger partial charge is 0.237 e. The predicted octanol–water partition coefficient (Wildman–Crippen LogP) is -0.305. The zero-order valence-corrected chi connectivity index (χ0v) is 15.5. The molecule has 1 aromatic rings. The van der Waals surface area contributed by atoms with E-state index in [-0.39, 0.29) is 43.0 Å². The standard InChI is InChI=1S/C17H29N5O3/c1-11(2)18-17(25)15-7-14(19-16(24)5-6-23)10-22(15)9-13-8-21(4)20-12(13)3/h8,11,14-15,23H,5-7,9-10H2,1-4H3,(H,18,25)(H,19,24)/t14-,15+/m1/s1. The van der Waals surface area contributed by atoms with Crippen LogP contribution < -0.4 is 10.6 Å². The first kappa shape index (κ1) is 19.4. The van der Waals surface area contributed by atoms with E-state index in [4.69, 9.17) is 5.11 Å². The Hall–Kier alpha value is -1.93. The fraction of sp³-hybridized carbons (Fsp3) is 0.706. The van der Waals surface area contributed by atoms with Crippen LogP contribution in [0.5, 0.6) is 0 Å². The number of carbonyl (C=O) groups excluding carboxylic acids is 2. The molecule has 2 atom stereocenters. The van der Waals surface area contributed by atoms with Gasteiger partial charge in [0, 0.05) is 50.4 Å². The van der Waals surface area contributed by atoms with Gasteiger partial charge in [0.2, 0.25) is 11.8 Å². The van der Waals surface area contributed by atoms with Gasteiger partial charge in [-0.15, -0.1) is 0 Å². The molecule has 0 bridgehead atoms. The van der Waals surface area contributed by atoms with E-state index in [9.17, 15) is 9.59 Å². The molecule has 2 amide bonds. The predicted molar refractivity (Wildman–Crippen MR) is 93.7 cm³/mol. The number of rotatable bonds is 7. The van der Waals surface area contributed by atoms with Crippen molar-refractivity contribution < 1.29 is 14.7 Å². The molecule has 1 aliphatic heterocycles. The van der Waals surface area contributed by atoms with Crippen LogP contribution in [0, 0.1) is 6.92 Å². The van der Waals surface area contributed by atoms with Gasteiger partial charge >= 0.3 is 0 Å². The highest BCUT2D eigenvalue weighted by Gasteiger charge is 2.37. The minimum absolute atomic E-state index is 0.0181. The molecule has 1 aliphatic rings. The molecule has 2 rings (SSSR count). The maximum atomic E-state index is 12.6. The van der Waals surface area contributed by atoms with Crippen LogP contribution in [0.3, 0.4) is 0 Å². The molecule has 2 heterocycles. The largest absolute Gasteiger partial charge is 0.396 e. The van der Waals surface area contributed by atoms with Crippen molar-refractivity contribution >= 4 is 11.8 Å². The molecule has 0 unspecified atom stereocenters. The van der Waals surface area contributed by atoms with Gasteiger partial charge in [0.05, 0.1) is 18.3 Å². The van der Waals surface area contributed by atoms with Gasteiger partial charge in [-0.25, -0.2) is 0 Å². The second-order valence-corrected chi connectivity index (χ2v) is 7.00. The fourth-order valence-corrected chi connectivity index (χ4v) is 3.26. The van der Waals surface area contributed by atoms with E-state index >= 15 is 0 Å². The minimum atomic E-state index is -0.290. The Labute approximate surface area is 148 Å². The summed E-state index contributed by atoms with van der Waals surface area (Å²) in [7, 11) is 1.88. The van der Waals surface area contributed by atoms with Gasteiger partial charge in [-0.05, 0) is 27.2 Å². The van der Waals surface area contributed by atoms with E-state index in [0.29, 0.717) is 19.5 Å². The lowest BCUT2D eigenvalue weighted by atomic mass is 10.1. The van der Waals surface area contributed by atoms with Crippen LogP contribution in [0.25, 0.3) is 0 Å². The van der Waals surface area contributed by atoms with E-state index < -0.39 is 0 Å². The number of amides is 2. The second-order valence-electron chi connectivity index (χ2n) is 7.00. The molecule has 0 spiro atoms. The van der Waals surface area contributed by atoms with Gasteiger partial charge in [0.15, 0.2) is 0 Å². The Balaban J connectivity index is 2.10.